The van der Waals surface area contributed by atoms with E-state index in [1.165, 1.54) is 0 Å². The first kappa shape index (κ1) is 14.8. The molecule has 0 aromatic heterocycles. The second-order valence-corrected chi connectivity index (χ2v) is 5.84. The lowest BCUT2D eigenvalue weighted by Gasteiger charge is -2.51. The summed E-state index contributed by atoms with van der Waals surface area (Å²) < 4.78 is 5.38. The highest BCUT2D eigenvalue weighted by Crippen LogP contribution is 2.42. The van der Waals surface area contributed by atoms with Gasteiger partial charge in [0, 0.05) is 30.8 Å². The van der Waals surface area contributed by atoms with E-state index in [0.29, 0.717) is 6.54 Å². The number of carbonyl (C=O) groups is 1. The van der Waals surface area contributed by atoms with Crippen LogP contribution in [0.2, 0.25) is 0 Å². The molecule has 1 saturated carbocycles. The zero-order chi connectivity index (χ0) is 14.8. The third-order valence-electron chi connectivity index (χ3n) is 4.19. The predicted molar refractivity (Wildman–Crippen MR) is 79.5 cm³/mol. The van der Waals surface area contributed by atoms with Crippen LogP contribution in [0.25, 0.3) is 0 Å². The summed E-state index contributed by atoms with van der Waals surface area (Å²) in [6.07, 6.45) is 1.05. The van der Waals surface area contributed by atoms with Crippen LogP contribution < -0.4 is 16.4 Å². The average Bonchev–Trinajstić information content (AvgIpc) is 2.43. The van der Waals surface area contributed by atoms with Crippen LogP contribution in [-0.4, -0.2) is 25.3 Å². The SMILES string of the molecule is COC1CC(NC(=O)Nc2cccc(CN)c2)C1(C)C. The van der Waals surface area contributed by atoms with E-state index in [-0.39, 0.29) is 23.6 Å². The molecule has 2 amide bonds. The van der Waals surface area contributed by atoms with Crippen LogP contribution in [0.5, 0.6) is 0 Å². The van der Waals surface area contributed by atoms with Crippen LogP contribution in [0.15, 0.2) is 24.3 Å². The summed E-state index contributed by atoms with van der Waals surface area (Å²) in [5, 5.41) is 5.84. The highest BCUT2D eigenvalue weighted by atomic mass is 16.5. The van der Waals surface area contributed by atoms with E-state index in [1.807, 2.05) is 24.3 Å². The van der Waals surface area contributed by atoms with E-state index in [2.05, 4.69) is 24.5 Å². The van der Waals surface area contributed by atoms with Gasteiger partial charge in [-0.1, -0.05) is 26.0 Å². The number of urea groups is 1. The summed E-state index contributed by atoms with van der Waals surface area (Å²) in [6, 6.07) is 7.48. The molecule has 0 radical (unpaired) electrons. The maximum absolute atomic E-state index is 12.0. The smallest absolute Gasteiger partial charge is 0.319 e. The maximum atomic E-state index is 12.0. The van der Waals surface area contributed by atoms with Gasteiger partial charge in [0.1, 0.15) is 0 Å². The van der Waals surface area contributed by atoms with Crippen LogP contribution >= 0.6 is 0 Å². The molecule has 0 heterocycles. The lowest BCUT2D eigenvalue weighted by molar-refractivity contribution is -0.0931. The molecule has 2 unspecified atom stereocenters. The first-order valence-corrected chi connectivity index (χ1v) is 6.86. The van der Waals surface area contributed by atoms with Gasteiger partial charge in [0.15, 0.2) is 0 Å². The van der Waals surface area contributed by atoms with Crippen molar-refractivity contribution < 1.29 is 9.53 Å². The molecule has 2 atom stereocenters. The molecule has 1 aliphatic carbocycles. The van der Waals surface area contributed by atoms with E-state index in [4.69, 9.17) is 10.5 Å². The van der Waals surface area contributed by atoms with E-state index in [9.17, 15) is 4.79 Å². The highest BCUT2D eigenvalue weighted by molar-refractivity contribution is 5.89. The average molecular weight is 277 g/mol. The minimum Gasteiger partial charge on any atom is -0.381 e. The van der Waals surface area contributed by atoms with Crippen molar-refractivity contribution in [2.45, 2.75) is 39.0 Å². The van der Waals surface area contributed by atoms with E-state index < -0.39 is 0 Å². The molecular weight excluding hydrogens is 254 g/mol. The van der Waals surface area contributed by atoms with E-state index in [0.717, 1.165) is 17.7 Å². The van der Waals surface area contributed by atoms with Gasteiger partial charge in [-0.3, -0.25) is 0 Å². The number of rotatable bonds is 4. The van der Waals surface area contributed by atoms with Crippen molar-refractivity contribution in [2.24, 2.45) is 11.1 Å². The maximum Gasteiger partial charge on any atom is 0.319 e. The van der Waals surface area contributed by atoms with Gasteiger partial charge in [0.25, 0.3) is 0 Å². The van der Waals surface area contributed by atoms with Gasteiger partial charge in [-0.05, 0) is 24.1 Å². The zero-order valence-corrected chi connectivity index (χ0v) is 12.3. The van der Waals surface area contributed by atoms with Crippen LogP contribution in [0.1, 0.15) is 25.8 Å². The molecule has 110 valence electrons. The van der Waals surface area contributed by atoms with Crippen molar-refractivity contribution in [3.05, 3.63) is 29.8 Å². The topological polar surface area (TPSA) is 76.4 Å². The highest BCUT2D eigenvalue weighted by Gasteiger charge is 2.49. The fourth-order valence-electron chi connectivity index (χ4n) is 2.63. The van der Waals surface area contributed by atoms with Crippen molar-refractivity contribution in [2.75, 3.05) is 12.4 Å². The standard InChI is InChI=1S/C15H23N3O2/c1-15(2)12(8-13(15)20-3)18-14(19)17-11-6-4-5-10(7-11)9-16/h4-7,12-13H,8-9,16H2,1-3H3,(H2,17,18,19). The van der Waals surface area contributed by atoms with Crippen LogP contribution in [-0.2, 0) is 11.3 Å². The van der Waals surface area contributed by atoms with E-state index >= 15 is 0 Å². The Bertz CT molecular complexity index is 488. The second kappa shape index (κ2) is 5.81. The van der Waals surface area contributed by atoms with Gasteiger partial charge in [0.2, 0.25) is 0 Å². The fourth-order valence-corrected chi connectivity index (χ4v) is 2.63. The van der Waals surface area contributed by atoms with Crippen molar-refractivity contribution in [3.8, 4) is 0 Å². The Morgan fingerprint density at radius 3 is 2.85 bits per heavy atom. The molecule has 0 saturated heterocycles. The number of ether oxygens (including phenoxy) is 1. The third-order valence-corrected chi connectivity index (χ3v) is 4.19. The minimum absolute atomic E-state index is 0.0365. The molecule has 5 nitrogen and oxygen atoms in total. The number of benzene rings is 1. The molecule has 4 N–H and O–H groups in total. The summed E-state index contributed by atoms with van der Waals surface area (Å²) in [6.45, 7) is 4.66. The molecule has 1 aromatic rings. The predicted octanol–water partition coefficient (Wildman–Crippen LogP) is 2.08. The molecule has 0 spiro atoms. The summed E-state index contributed by atoms with van der Waals surface area (Å²) in [7, 11) is 1.71. The van der Waals surface area contributed by atoms with Gasteiger partial charge < -0.3 is 21.1 Å². The molecule has 0 aliphatic heterocycles. The number of carbonyl (C=O) groups excluding carboxylic acids is 1. The summed E-state index contributed by atoms with van der Waals surface area (Å²) in [5.74, 6) is 0. The Hall–Kier alpha value is -1.59. The molecule has 1 aromatic carbocycles. The molecule has 0 bridgehead atoms. The quantitative estimate of drug-likeness (QED) is 0.788. The van der Waals surface area contributed by atoms with E-state index in [1.54, 1.807) is 7.11 Å². The minimum atomic E-state index is -0.188. The van der Waals surface area contributed by atoms with Crippen LogP contribution in [0, 0.1) is 5.41 Å². The lowest BCUT2D eigenvalue weighted by Crippen LogP contribution is -2.62. The molecule has 20 heavy (non-hydrogen) atoms. The summed E-state index contributed by atoms with van der Waals surface area (Å²) >= 11 is 0. The number of nitrogens with two attached hydrogens (primary N) is 1. The number of methoxy groups -OCH3 is 1. The monoisotopic (exact) mass is 277 g/mol. The van der Waals surface area contributed by atoms with Gasteiger partial charge in [-0.15, -0.1) is 0 Å². The number of amides is 2. The Labute approximate surface area is 119 Å². The Morgan fingerprint density at radius 1 is 1.50 bits per heavy atom. The lowest BCUT2D eigenvalue weighted by atomic mass is 9.64. The first-order chi connectivity index (χ1) is 9.47. The Balaban J connectivity index is 1.90. The molecule has 2 rings (SSSR count). The first-order valence-electron chi connectivity index (χ1n) is 6.86. The van der Waals surface area contributed by atoms with Crippen molar-refractivity contribution in [1.82, 2.24) is 5.32 Å². The van der Waals surface area contributed by atoms with Crippen molar-refractivity contribution in [1.29, 1.82) is 0 Å². The number of hydrogen-bond acceptors (Lipinski definition) is 3. The molecule has 5 heteroatoms. The number of anilines is 1. The van der Waals surface area contributed by atoms with Gasteiger partial charge in [-0.25, -0.2) is 4.79 Å². The van der Waals surface area contributed by atoms with Gasteiger partial charge in [0.05, 0.1) is 6.10 Å². The zero-order valence-electron chi connectivity index (χ0n) is 12.3. The molecule has 1 aliphatic rings. The molecule has 1 fully saturated rings. The number of nitrogens with one attached hydrogen (secondary N) is 2. The van der Waals surface area contributed by atoms with Gasteiger partial charge in [-0.2, -0.15) is 0 Å². The Morgan fingerprint density at radius 2 is 2.25 bits per heavy atom. The van der Waals surface area contributed by atoms with Crippen LogP contribution in [0.3, 0.4) is 0 Å². The Kier molecular flexibility index (Phi) is 4.30. The fraction of sp³-hybridized carbons (Fsp3) is 0.533. The second-order valence-electron chi connectivity index (χ2n) is 5.84. The third kappa shape index (κ3) is 2.94. The molecular formula is C15H23N3O2. The summed E-state index contributed by atoms with van der Waals surface area (Å²) in [4.78, 5) is 12.0. The van der Waals surface area contributed by atoms with Crippen molar-refractivity contribution >= 4 is 11.7 Å². The largest absolute Gasteiger partial charge is 0.381 e. The van der Waals surface area contributed by atoms with Crippen LogP contribution in [0.4, 0.5) is 10.5 Å². The number of hydrogen-bond donors (Lipinski definition) is 3. The summed E-state index contributed by atoms with van der Waals surface area (Å²) in [5.41, 5.74) is 7.30. The van der Waals surface area contributed by atoms with Gasteiger partial charge >= 0.3 is 6.03 Å². The van der Waals surface area contributed by atoms with Crippen molar-refractivity contribution in [3.63, 3.8) is 0 Å². The normalized spacial score (nSPS) is 23.8.